The summed E-state index contributed by atoms with van der Waals surface area (Å²) < 4.78 is 0. The SMILES string of the molecule is CC1=Cc2ccccc2C1c1ccc(-c2ccccc2)cc1. The lowest BCUT2D eigenvalue weighted by atomic mass is 9.88. The Morgan fingerprint density at radius 1 is 0.636 bits per heavy atom. The van der Waals surface area contributed by atoms with Crippen molar-refractivity contribution in [3.63, 3.8) is 0 Å². The fraction of sp³-hybridized carbons (Fsp3) is 0.0909. The van der Waals surface area contributed by atoms with Gasteiger partial charge in [-0.3, -0.25) is 0 Å². The van der Waals surface area contributed by atoms with Gasteiger partial charge in [0.15, 0.2) is 0 Å². The zero-order chi connectivity index (χ0) is 14.9. The molecule has 0 spiro atoms. The van der Waals surface area contributed by atoms with E-state index in [1.54, 1.807) is 0 Å². The first-order valence-corrected chi connectivity index (χ1v) is 7.75. The van der Waals surface area contributed by atoms with Crippen LogP contribution in [0.15, 0.2) is 84.4 Å². The maximum atomic E-state index is 2.31. The molecule has 0 saturated heterocycles. The molecule has 0 radical (unpaired) electrons. The first kappa shape index (κ1) is 13.1. The van der Waals surface area contributed by atoms with Gasteiger partial charge in [0.25, 0.3) is 0 Å². The summed E-state index contributed by atoms with van der Waals surface area (Å²) in [5.41, 5.74) is 8.13. The van der Waals surface area contributed by atoms with Gasteiger partial charge in [0, 0.05) is 5.92 Å². The van der Waals surface area contributed by atoms with Crippen molar-refractivity contribution in [1.29, 1.82) is 0 Å². The summed E-state index contributed by atoms with van der Waals surface area (Å²) in [7, 11) is 0. The molecule has 106 valence electrons. The average molecular weight is 282 g/mol. The van der Waals surface area contributed by atoms with Gasteiger partial charge in [-0.1, -0.05) is 90.5 Å². The van der Waals surface area contributed by atoms with Gasteiger partial charge in [-0.05, 0) is 34.7 Å². The van der Waals surface area contributed by atoms with Crippen LogP contribution >= 0.6 is 0 Å². The number of hydrogen-bond donors (Lipinski definition) is 0. The molecule has 22 heavy (non-hydrogen) atoms. The highest BCUT2D eigenvalue weighted by molar-refractivity contribution is 5.70. The standard InChI is InChI=1S/C22H18/c1-16-15-20-9-5-6-10-21(20)22(16)19-13-11-18(12-14-19)17-7-3-2-4-8-17/h2-15,22H,1H3. The summed E-state index contributed by atoms with van der Waals surface area (Å²) in [5.74, 6) is 0.404. The predicted octanol–water partition coefficient (Wildman–Crippen LogP) is 5.90. The summed E-state index contributed by atoms with van der Waals surface area (Å²) in [6.07, 6.45) is 2.31. The Balaban J connectivity index is 1.72. The molecular formula is C22H18. The summed E-state index contributed by atoms with van der Waals surface area (Å²) in [6, 6.07) is 28.3. The Labute approximate surface area is 131 Å². The molecular weight excluding hydrogens is 264 g/mol. The van der Waals surface area contributed by atoms with Gasteiger partial charge in [0.1, 0.15) is 0 Å². The van der Waals surface area contributed by atoms with E-state index in [4.69, 9.17) is 0 Å². The van der Waals surface area contributed by atoms with E-state index in [1.165, 1.54) is 33.4 Å². The molecule has 0 amide bonds. The highest BCUT2D eigenvalue weighted by atomic mass is 14.3. The van der Waals surface area contributed by atoms with Crippen molar-refractivity contribution in [2.45, 2.75) is 12.8 Å². The van der Waals surface area contributed by atoms with Gasteiger partial charge in [-0.15, -0.1) is 0 Å². The van der Waals surface area contributed by atoms with Crippen molar-refractivity contribution in [1.82, 2.24) is 0 Å². The smallest absolute Gasteiger partial charge is 0.0305 e. The first-order chi connectivity index (χ1) is 10.8. The molecule has 0 heteroatoms. The fourth-order valence-corrected chi connectivity index (χ4v) is 3.42. The lowest BCUT2D eigenvalue weighted by Crippen LogP contribution is -1.99. The van der Waals surface area contributed by atoms with E-state index < -0.39 is 0 Å². The van der Waals surface area contributed by atoms with E-state index in [0.717, 1.165) is 0 Å². The number of allylic oxidation sites excluding steroid dienone is 1. The van der Waals surface area contributed by atoms with Gasteiger partial charge in [-0.25, -0.2) is 0 Å². The molecule has 0 bridgehead atoms. The summed E-state index contributed by atoms with van der Waals surface area (Å²) >= 11 is 0. The van der Waals surface area contributed by atoms with E-state index in [1.807, 2.05) is 0 Å². The molecule has 0 heterocycles. The van der Waals surface area contributed by atoms with Gasteiger partial charge in [0.2, 0.25) is 0 Å². The van der Waals surface area contributed by atoms with Crippen LogP contribution in [0.5, 0.6) is 0 Å². The van der Waals surface area contributed by atoms with Crippen LogP contribution in [0.2, 0.25) is 0 Å². The Morgan fingerprint density at radius 2 is 1.27 bits per heavy atom. The van der Waals surface area contributed by atoms with Crippen molar-refractivity contribution in [3.05, 3.63) is 101 Å². The molecule has 3 aromatic carbocycles. The second-order valence-electron chi connectivity index (χ2n) is 5.94. The van der Waals surface area contributed by atoms with Crippen molar-refractivity contribution in [3.8, 4) is 11.1 Å². The predicted molar refractivity (Wildman–Crippen MR) is 93.8 cm³/mol. The molecule has 0 saturated carbocycles. The minimum absolute atomic E-state index is 0.404. The summed E-state index contributed by atoms with van der Waals surface area (Å²) in [5, 5.41) is 0. The third-order valence-electron chi connectivity index (χ3n) is 4.50. The fourth-order valence-electron chi connectivity index (χ4n) is 3.42. The number of fused-ring (bicyclic) bond motifs is 1. The first-order valence-electron chi connectivity index (χ1n) is 7.75. The molecule has 0 aromatic heterocycles. The highest BCUT2D eigenvalue weighted by Gasteiger charge is 2.23. The molecule has 0 aliphatic heterocycles. The van der Waals surface area contributed by atoms with E-state index in [-0.39, 0.29) is 0 Å². The molecule has 1 aliphatic carbocycles. The maximum absolute atomic E-state index is 2.31. The quantitative estimate of drug-likeness (QED) is 0.548. The van der Waals surface area contributed by atoms with Crippen LogP contribution in [0.1, 0.15) is 29.5 Å². The zero-order valence-corrected chi connectivity index (χ0v) is 12.7. The van der Waals surface area contributed by atoms with E-state index in [9.17, 15) is 0 Å². The van der Waals surface area contributed by atoms with E-state index in [0.29, 0.717) is 5.92 Å². The molecule has 3 aromatic rings. The summed E-state index contributed by atoms with van der Waals surface area (Å²) in [4.78, 5) is 0. The van der Waals surface area contributed by atoms with Crippen LogP contribution in [0.3, 0.4) is 0 Å². The monoisotopic (exact) mass is 282 g/mol. The molecule has 4 rings (SSSR count). The summed E-state index contributed by atoms with van der Waals surface area (Å²) in [6.45, 7) is 2.23. The van der Waals surface area contributed by atoms with E-state index in [2.05, 4.69) is 91.9 Å². The molecule has 0 N–H and O–H groups in total. The third-order valence-corrected chi connectivity index (χ3v) is 4.50. The van der Waals surface area contributed by atoms with Gasteiger partial charge >= 0.3 is 0 Å². The number of rotatable bonds is 2. The molecule has 1 aliphatic rings. The van der Waals surface area contributed by atoms with Gasteiger partial charge < -0.3 is 0 Å². The van der Waals surface area contributed by atoms with Crippen LogP contribution in [0.4, 0.5) is 0 Å². The molecule has 0 fully saturated rings. The largest absolute Gasteiger partial charge is 0.0622 e. The molecule has 1 unspecified atom stereocenters. The van der Waals surface area contributed by atoms with Crippen LogP contribution in [-0.2, 0) is 0 Å². The second kappa shape index (κ2) is 5.31. The van der Waals surface area contributed by atoms with Gasteiger partial charge in [0.05, 0.1) is 0 Å². The Morgan fingerprint density at radius 3 is 2.05 bits per heavy atom. The van der Waals surface area contributed by atoms with Gasteiger partial charge in [-0.2, -0.15) is 0 Å². The van der Waals surface area contributed by atoms with Crippen molar-refractivity contribution in [2.24, 2.45) is 0 Å². The number of benzene rings is 3. The topological polar surface area (TPSA) is 0 Å². The van der Waals surface area contributed by atoms with Crippen LogP contribution < -0.4 is 0 Å². The number of hydrogen-bond acceptors (Lipinski definition) is 0. The minimum atomic E-state index is 0.404. The Hall–Kier alpha value is -2.60. The van der Waals surface area contributed by atoms with Crippen molar-refractivity contribution >= 4 is 6.08 Å². The van der Waals surface area contributed by atoms with Crippen LogP contribution in [0, 0.1) is 0 Å². The maximum Gasteiger partial charge on any atom is 0.0305 e. The highest BCUT2D eigenvalue weighted by Crippen LogP contribution is 2.40. The lowest BCUT2D eigenvalue weighted by Gasteiger charge is -2.15. The molecule has 0 nitrogen and oxygen atoms in total. The average Bonchev–Trinajstić information content (AvgIpc) is 2.91. The van der Waals surface area contributed by atoms with E-state index >= 15 is 0 Å². The van der Waals surface area contributed by atoms with Crippen molar-refractivity contribution in [2.75, 3.05) is 0 Å². The second-order valence-corrected chi connectivity index (χ2v) is 5.94. The van der Waals surface area contributed by atoms with Crippen molar-refractivity contribution < 1.29 is 0 Å². The lowest BCUT2D eigenvalue weighted by molar-refractivity contribution is 0.977. The molecule has 1 atom stereocenters. The third kappa shape index (κ3) is 2.17. The van der Waals surface area contributed by atoms with Crippen LogP contribution in [0.25, 0.3) is 17.2 Å². The normalized spacial score (nSPS) is 16.2. The Kier molecular flexibility index (Phi) is 3.16. The minimum Gasteiger partial charge on any atom is -0.0622 e. The Bertz CT molecular complexity index is 823. The van der Waals surface area contributed by atoms with Crippen LogP contribution in [-0.4, -0.2) is 0 Å². The zero-order valence-electron chi connectivity index (χ0n) is 12.7.